The van der Waals surface area contributed by atoms with Gasteiger partial charge in [-0.15, -0.1) is 11.3 Å². The number of fused-ring (bicyclic) bond motifs is 11. The average Bonchev–Trinajstić information content (AvgIpc) is 4.08. The Bertz CT molecular complexity index is 4300. The zero-order valence-electron chi connectivity index (χ0n) is 35.9. The van der Waals surface area contributed by atoms with Crippen molar-refractivity contribution < 1.29 is 4.42 Å². The summed E-state index contributed by atoms with van der Waals surface area (Å²) in [7, 11) is 0. The van der Waals surface area contributed by atoms with Crippen molar-refractivity contribution in [3.05, 3.63) is 218 Å². The minimum absolute atomic E-state index is 0.577. The molecule has 0 amide bonds. The van der Waals surface area contributed by atoms with Crippen LogP contribution in [0.1, 0.15) is 0 Å². The van der Waals surface area contributed by atoms with Crippen molar-refractivity contribution in [3.63, 3.8) is 0 Å². The standard InChI is InChI=1S/C61H36N4OS/c1-2-15-38(16-3-1)59-62-60(64-61(63-59)42-30-32-48-47-22-6-8-28-53(47)66-54(48)36-42)41-19-11-20-43(35-41)65-52-33-31-37-14-4-5-21-44(37)56(52)51-27-12-24-45(57(51)65)39-17-10-18-40(34-39)46-25-13-26-50-49-23-7-9-29-55(49)67-58(46)50/h1-36H. The first kappa shape index (κ1) is 37.6. The highest BCUT2D eigenvalue weighted by atomic mass is 32.1. The Kier molecular flexibility index (Phi) is 8.38. The molecule has 0 radical (unpaired) electrons. The van der Waals surface area contributed by atoms with Gasteiger partial charge in [-0.2, -0.15) is 0 Å². The van der Waals surface area contributed by atoms with Crippen LogP contribution in [-0.4, -0.2) is 19.5 Å². The molecule has 0 fully saturated rings. The van der Waals surface area contributed by atoms with Gasteiger partial charge in [0.15, 0.2) is 17.5 Å². The Morgan fingerprint density at radius 1 is 0.373 bits per heavy atom. The lowest BCUT2D eigenvalue weighted by atomic mass is 9.96. The quantitative estimate of drug-likeness (QED) is 0.167. The van der Waals surface area contributed by atoms with Crippen LogP contribution in [-0.2, 0) is 0 Å². The van der Waals surface area contributed by atoms with E-state index in [4.69, 9.17) is 19.4 Å². The topological polar surface area (TPSA) is 56.7 Å². The van der Waals surface area contributed by atoms with E-state index >= 15 is 0 Å². The number of nitrogens with zero attached hydrogens (tertiary/aromatic N) is 4. The maximum Gasteiger partial charge on any atom is 0.164 e. The van der Waals surface area contributed by atoms with E-state index in [1.54, 1.807) is 0 Å². The van der Waals surface area contributed by atoms with Crippen LogP contribution in [0.15, 0.2) is 223 Å². The van der Waals surface area contributed by atoms with Crippen molar-refractivity contribution in [1.29, 1.82) is 0 Å². The van der Waals surface area contributed by atoms with E-state index in [0.29, 0.717) is 17.5 Å². The van der Waals surface area contributed by atoms with E-state index in [2.05, 4.69) is 168 Å². The molecule has 0 aliphatic carbocycles. The van der Waals surface area contributed by atoms with Gasteiger partial charge in [0.05, 0.1) is 11.0 Å². The summed E-state index contributed by atoms with van der Waals surface area (Å²) in [6, 6.07) is 77.6. The molecule has 6 heteroatoms. The Morgan fingerprint density at radius 2 is 0.985 bits per heavy atom. The van der Waals surface area contributed by atoms with E-state index in [1.165, 1.54) is 52.8 Å². The minimum atomic E-state index is 0.577. The fourth-order valence-electron chi connectivity index (χ4n) is 10.2. The number of hydrogen-bond donors (Lipinski definition) is 0. The summed E-state index contributed by atoms with van der Waals surface area (Å²) in [4.78, 5) is 15.5. The van der Waals surface area contributed by atoms with Gasteiger partial charge in [0.1, 0.15) is 11.2 Å². The number of aromatic nitrogens is 4. The van der Waals surface area contributed by atoms with Gasteiger partial charge < -0.3 is 8.98 Å². The van der Waals surface area contributed by atoms with Gasteiger partial charge in [0.25, 0.3) is 0 Å². The molecule has 14 aromatic rings. The number of rotatable bonds is 6. The molecule has 0 saturated heterocycles. The molecule has 0 bridgehead atoms. The molecule has 67 heavy (non-hydrogen) atoms. The first-order chi connectivity index (χ1) is 33.2. The molecule has 312 valence electrons. The number of thiophene rings is 1. The first-order valence-corrected chi connectivity index (χ1v) is 23.3. The van der Waals surface area contributed by atoms with Crippen LogP contribution in [0.25, 0.3) is 137 Å². The predicted molar refractivity (Wildman–Crippen MR) is 279 cm³/mol. The van der Waals surface area contributed by atoms with E-state index in [1.807, 2.05) is 65.9 Å². The van der Waals surface area contributed by atoms with E-state index in [9.17, 15) is 0 Å². The summed E-state index contributed by atoms with van der Waals surface area (Å²) in [6.07, 6.45) is 0. The fraction of sp³-hybridized carbons (Fsp3) is 0. The number of para-hydroxylation sites is 2. The van der Waals surface area contributed by atoms with E-state index < -0.39 is 0 Å². The molecule has 0 aliphatic heterocycles. The highest BCUT2D eigenvalue weighted by molar-refractivity contribution is 7.26. The third-order valence-corrected chi connectivity index (χ3v) is 14.5. The molecule has 0 atom stereocenters. The molecule has 0 spiro atoms. The smallest absolute Gasteiger partial charge is 0.164 e. The van der Waals surface area contributed by atoms with Crippen molar-refractivity contribution >= 4 is 86.0 Å². The highest BCUT2D eigenvalue weighted by Gasteiger charge is 2.21. The van der Waals surface area contributed by atoms with Crippen LogP contribution in [0.5, 0.6) is 0 Å². The highest BCUT2D eigenvalue weighted by Crippen LogP contribution is 2.44. The fourth-order valence-corrected chi connectivity index (χ4v) is 11.4. The normalized spacial score (nSPS) is 11.9. The Labute approximate surface area is 388 Å². The molecule has 4 aromatic heterocycles. The van der Waals surface area contributed by atoms with Crippen molar-refractivity contribution in [1.82, 2.24) is 19.5 Å². The number of furan rings is 1. The second-order valence-corrected chi connectivity index (χ2v) is 18.2. The van der Waals surface area contributed by atoms with E-state index in [-0.39, 0.29) is 0 Å². The largest absolute Gasteiger partial charge is 0.456 e. The second-order valence-electron chi connectivity index (χ2n) is 17.1. The van der Waals surface area contributed by atoms with Crippen LogP contribution in [0.2, 0.25) is 0 Å². The van der Waals surface area contributed by atoms with Gasteiger partial charge in [0.2, 0.25) is 0 Å². The summed E-state index contributed by atoms with van der Waals surface area (Å²) in [5.74, 6) is 1.77. The minimum Gasteiger partial charge on any atom is -0.456 e. The van der Waals surface area contributed by atoms with Crippen LogP contribution < -0.4 is 0 Å². The predicted octanol–water partition coefficient (Wildman–Crippen LogP) is 16.7. The van der Waals surface area contributed by atoms with Gasteiger partial charge in [-0.1, -0.05) is 170 Å². The molecule has 0 unspecified atom stereocenters. The van der Waals surface area contributed by atoms with Gasteiger partial charge in [-0.25, -0.2) is 15.0 Å². The zero-order chi connectivity index (χ0) is 44.0. The molecule has 0 N–H and O–H groups in total. The summed E-state index contributed by atoms with van der Waals surface area (Å²) < 4.78 is 11.4. The molecule has 4 heterocycles. The summed E-state index contributed by atoms with van der Waals surface area (Å²) in [5, 5.41) is 9.59. The van der Waals surface area contributed by atoms with Gasteiger partial charge >= 0.3 is 0 Å². The maximum absolute atomic E-state index is 6.32. The Morgan fingerprint density at radius 3 is 1.85 bits per heavy atom. The van der Waals surface area contributed by atoms with Gasteiger partial charge in [0, 0.05) is 69.7 Å². The molecule has 0 saturated carbocycles. The van der Waals surface area contributed by atoms with Crippen LogP contribution in [0.3, 0.4) is 0 Å². The Hall–Kier alpha value is -8.71. The van der Waals surface area contributed by atoms with Crippen molar-refractivity contribution in [3.8, 4) is 62.1 Å². The molecule has 14 rings (SSSR count). The third-order valence-electron chi connectivity index (χ3n) is 13.2. The average molecular weight is 873 g/mol. The summed E-state index contributed by atoms with van der Waals surface area (Å²) in [5.41, 5.74) is 12.3. The van der Waals surface area contributed by atoms with Crippen molar-refractivity contribution in [2.75, 3.05) is 0 Å². The number of hydrogen-bond acceptors (Lipinski definition) is 5. The summed E-state index contributed by atoms with van der Waals surface area (Å²) >= 11 is 1.87. The first-order valence-electron chi connectivity index (χ1n) is 22.5. The van der Waals surface area contributed by atoms with E-state index in [0.717, 1.165) is 66.5 Å². The molecular weight excluding hydrogens is 837 g/mol. The zero-order valence-corrected chi connectivity index (χ0v) is 36.7. The van der Waals surface area contributed by atoms with Crippen LogP contribution in [0, 0.1) is 0 Å². The monoisotopic (exact) mass is 872 g/mol. The maximum atomic E-state index is 6.32. The van der Waals surface area contributed by atoms with Crippen molar-refractivity contribution in [2.45, 2.75) is 0 Å². The molecule has 10 aromatic carbocycles. The summed E-state index contributed by atoms with van der Waals surface area (Å²) in [6.45, 7) is 0. The molecular formula is C61H36N4OS. The van der Waals surface area contributed by atoms with Crippen molar-refractivity contribution in [2.24, 2.45) is 0 Å². The van der Waals surface area contributed by atoms with Crippen LogP contribution >= 0.6 is 11.3 Å². The molecule has 0 aliphatic rings. The second kappa shape index (κ2) is 14.9. The lowest BCUT2D eigenvalue weighted by Crippen LogP contribution is -2.01. The lowest BCUT2D eigenvalue weighted by molar-refractivity contribution is 0.669. The van der Waals surface area contributed by atoms with Crippen LogP contribution in [0.4, 0.5) is 0 Å². The number of benzene rings is 10. The van der Waals surface area contributed by atoms with Gasteiger partial charge in [-0.05, 0) is 76.0 Å². The lowest BCUT2D eigenvalue weighted by Gasteiger charge is -2.14. The SMILES string of the molecule is c1ccc(-c2nc(-c3cccc(-n4c5ccc6ccccc6c5c5cccc(-c6cccc(-c7cccc8c7sc7ccccc78)c6)c54)c3)nc(-c3ccc4c(c3)oc3ccccc34)n2)cc1. The van der Waals surface area contributed by atoms with Gasteiger partial charge in [-0.3, -0.25) is 0 Å². The molecule has 5 nitrogen and oxygen atoms in total. The third kappa shape index (κ3) is 6.04. The Balaban J connectivity index is 0.971.